The van der Waals surface area contributed by atoms with Gasteiger partial charge < -0.3 is 14.2 Å². The molecule has 4 aromatic rings. The molecule has 11 heteroatoms. The molecule has 0 fully saturated rings. The Morgan fingerprint density at radius 1 is 1.05 bits per heavy atom. The van der Waals surface area contributed by atoms with Gasteiger partial charge in [0.25, 0.3) is 0 Å². The summed E-state index contributed by atoms with van der Waals surface area (Å²) in [5.74, 6) is 2.41. The first-order valence-electron chi connectivity index (χ1n) is 11.9. The maximum absolute atomic E-state index is 11.6. The lowest BCUT2D eigenvalue weighted by atomic mass is 10.1. The molecule has 0 spiro atoms. The number of aromatic nitrogens is 3. The molecule has 198 valence electrons. The van der Waals surface area contributed by atoms with Gasteiger partial charge in [0.15, 0.2) is 16.7 Å². The normalized spacial score (nSPS) is 11.7. The van der Waals surface area contributed by atoms with Crippen molar-refractivity contribution in [3.05, 3.63) is 98.8 Å². The first kappa shape index (κ1) is 27.3. The molecule has 0 aliphatic rings. The van der Waals surface area contributed by atoms with E-state index in [0.29, 0.717) is 39.7 Å². The van der Waals surface area contributed by atoms with Crippen molar-refractivity contribution >= 4 is 23.4 Å². The maximum atomic E-state index is 11.6. The van der Waals surface area contributed by atoms with Gasteiger partial charge in [-0.2, -0.15) is 0 Å². The monoisotopic (exact) mass is 554 g/mol. The van der Waals surface area contributed by atoms with Gasteiger partial charge in [0.2, 0.25) is 6.54 Å². The van der Waals surface area contributed by atoms with Crippen LogP contribution in [0.15, 0.2) is 71.9 Å². The summed E-state index contributed by atoms with van der Waals surface area (Å²) < 4.78 is 19.0. The van der Waals surface area contributed by atoms with Gasteiger partial charge in [0.05, 0.1) is 13.7 Å². The van der Waals surface area contributed by atoms with Crippen LogP contribution in [0.1, 0.15) is 29.1 Å². The molecule has 0 unspecified atom stereocenters. The van der Waals surface area contributed by atoms with Crippen molar-refractivity contribution in [2.75, 3.05) is 20.3 Å². The molecule has 1 heterocycles. The van der Waals surface area contributed by atoms with Gasteiger partial charge in [0.1, 0.15) is 23.4 Å². The third kappa shape index (κ3) is 6.56. The van der Waals surface area contributed by atoms with E-state index in [0.717, 1.165) is 17.0 Å². The van der Waals surface area contributed by atoms with Crippen LogP contribution in [0.3, 0.4) is 0 Å². The average molecular weight is 555 g/mol. The Morgan fingerprint density at radius 3 is 2.50 bits per heavy atom. The number of thioether (sulfide) groups is 1. The number of halogens is 1. The van der Waals surface area contributed by atoms with Gasteiger partial charge in [-0.1, -0.05) is 47.6 Å². The van der Waals surface area contributed by atoms with E-state index in [1.807, 2.05) is 66.9 Å². The second-order valence-electron chi connectivity index (χ2n) is 8.20. The van der Waals surface area contributed by atoms with Gasteiger partial charge >= 0.3 is 0 Å². The maximum Gasteiger partial charge on any atom is 0.220 e. The Morgan fingerprint density at radius 2 is 1.82 bits per heavy atom. The van der Waals surface area contributed by atoms with Crippen LogP contribution in [-0.4, -0.2) is 39.9 Å². The zero-order chi connectivity index (χ0) is 27.1. The van der Waals surface area contributed by atoms with Gasteiger partial charge in [-0.15, -0.1) is 10.2 Å². The Labute approximate surface area is 229 Å². The van der Waals surface area contributed by atoms with E-state index in [1.54, 1.807) is 25.3 Å². The number of ether oxygens (including phenoxy) is 3. The predicted molar refractivity (Wildman–Crippen MR) is 147 cm³/mol. The van der Waals surface area contributed by atoms with Crippen LogP contribution in [0.5, 0.6) is 17.2 Å². The lowest BCUT2D eigenvalue weighted by molar-refractivity contribution is -0.479. The minimum Gasteiger partial charge on any atom is -0.497 e. The molecule has 0 amide bonds. The SMILES string of the molecule is CCOc1cc([C@H](C[N+](=O)[O-])Sc2nnc(C)n2-c2ccc(OC)cc2)ccc1OCc1ccccc1Cl. The van der Waals surface area contributed by atoms with Crippen molar-refractivity contribution in [3.63, 3.8) is 0 Å². The highest BCUT2D eigenvalue weighted by Gasteiger charge is 2.25. The second-order valence-corrected chi connectivity index (χ2v) is 9.78. The summed E-state index contributed by atoms with van der Waals surface area (Å²) in [5.41, 5.74) is 2.38. The smallest absolute Gasteiger partial charge is 0.220 e. The van der Waals surface area contributed by atoms with E-state index >= 15 is 0 Å². The summed E-state index contributed by atoms with van der Waals surface area (Å²) in [4.78, 5) is 11.3. The Kier molecular flexibility index (Phi) is 9.09. The van der Waals surface area contributed by atoms with Crippen molar-refractivity contribution in [1.82, 2.24) is 14.8 Å². The van der Waals surface area contributed by atoms with Crippen LogP contribution in [0.2, 0.25) is 5.02 Å². The van der Waals surface area contributed by atoms with Crippen LogP contribution in [0.4, 0.5) is 0 Å². The van der Waals surface area contributed by atoms with Gasteiger partial charge in [-0.3, -0.25) is 14.7 Å². The summed E-state index contributed by atoms with van der Waals surface area (Å²) in [7, 11) is 1.60. The Balaban J connectivity index is 1.62. The third-order valence-corrected chi connectivity index (χ3v) is 7.22. The highest BCUT2D eigenvalue weighted by Crippen LogP contribution is 2.40. The molecule has 0 aliphatic heterocycles. The summed E-state index contributed by atoms with van der Waals surface area (Å²) in [6, 6.07) is 20.3. The molecule has 0 aliphatic carbocycles. The Bertz CT molecular complexity index is 1400. The summed E-state index contributed by atoms with van der Waals surface area (Å²) in [6.45, 7) is 4.06. The molecule has 0 saturated carbocycles. The molecule has 1 aromatic heterocycles. The van der Waals surface area contributed by atoms with Crippen LogP contribution < -0.4 is 14.2 Å². The van der Waals surface area contributed by atoms with Crippen molar-refractivity contribution in [2.24, 2.45) is 0 Å². The fraction of sp³-hybridized carbons (Fsp3) is 0.259. The molecule has 0 N–H and O–H groups in total. The first-order valence-corrected chi connectivity index (χ1v) is 13.1. The number of benzene rings is 3. The number of aryl methyl sites for hydroxylation is 1. The zero-order valence-electron chi connectivity index (χ0n) is 21.2. The lowest BCUT2D eigenvalue weighted by Gasteiger charge is -2.18. The summed E-state index contributed by atoms with van der Waals surface area (Å²) in [5, 5.41) is 20.8. The Hall–Kier alpha value is -3.76. The van der Waals surface area contributed by atoms with E-state index in [4.69, 9.17) is 25.8 Å². The molecule has 0 bridgehead atoms. The van der Waals surface area contributed by atoms with Gasteiger partial charge in [-0.25, -0.2) is 0 Å². The van der Waals surface area contributed by atoms with E-state index in [-0.39, 0.29) is 18.1 Å². The van der Waals surface area contributed by atoms with Gasteiger partial charge in [0, 0.05) is 21.2 Å². The fourth-order valence-corrected chi connectivity index (χ4v) is 5.16. The molecule has 4 rings (SSSR count). The molecule has 3 aromatic carbocycles. The van der Waals surface area contributed by atoms with Crippen molar-refractivity contribution in [1.29, 1.82) is 0 Å². The second kappa shape index (κ2) is 12.7. The predicted octanol–water partition coefficient (Wildman–Crippen LogP) is 6.33. The number of nitrogens with zero attached hydrogens (tertiary/aromatic N) is 4. The molecule has 1 atom stereocenters. The van der Waals surface area contributed by atoms with Gasteiger partial charge in [-0.05, 0) is 61.9 Å². The molecular formula is C27H27ClN4O5S. The quantitative estimate of drug-likeness (QED) is 0.114. The van der Waals surface area contributed by atoms with Crippen LogP contribution >= 0.6 is 23.4 Å². The molecular weight excluding hydrogens is 528 g/mol. The number of methoxy groups -OCH3 is 1. The topological polar surface area (TPSA) is 102 Å². The largest absolute Gasteiger partial charge is 0.497 e. The number of nitro groups is 1. The molecule has 0 radical (unpaired) electrons. The summed E-state index contributed by atoms with van der Waals surface area (Å²) in [6.07, 6.45) is 0. The number of hydrogen-bond donors (Lipinski definition) is 0. The lowest BCUT2D eigenvalue weighted by Crippen LogP contribution is -2.12. The molecule has 0 saturated heterocycles. The van der Waals surface area contributed by atoms with Crippen LogP contribution in [0, 0.1) is 17.0 Å². The van der Waals surface area contributed by atoms with E-state index in [1.165, 1.54) is 11.8 Å². The average Bonchev–Trinajstić information content (AvgIpc) is 3.28. The molecule has 9 nitrogen and oxygen atoms in total. The summed E-state index contributed by atoms with van der Waals surface area (Å²) >= 11 is 7.53. The minimum absolute atomic E-state index is 0.260. The first-order chi connectivity index (χ1) is 18.4. The number of rotatable bonds is 12. The van der Waals surface area contributed by atoms with Crippen molar-refractivity contribution < 1.29 is 19.1 Å². The van der Waals surface area contributed by atoms with Crippen LogP contribution in [0.25, 0.3) is 5.69 Å². The van der Waals surface area contributed by atoms with Crippen molar-refractivity contribution in [3.8, 4) is 22.9 Å². The van der Waals surface area contributed by atoms with E-state index in [9.17, 15) is 10.1 Å². The highest BCUT2D eigenvalue weighted by molar-refractivity contribution is 7.99. The highest BCUT2D eigenvalue weighted by atomic mass is 35.5. The fourth-order valence-electron chi connectivity index (χ4n) is 3.80. The standard InChI is InChI=1S/C27H27ClN4O5S/c1-4-36-25-15-19(9-14-24(25)37-17-20-7-5-6-8-23(20)28)26(16-31(33)34)38-27-30-29-18(2)32(27)21-10-12-22(35-3)13-11-21/h5-15,26H,4,16-17H2,1-3H3/t26-/m0/s1. The van der Waals surface area contributed by atoms with Crippen LogP contribution in [-0.2, 0) is 6.61 Å². The van der Waals surface area contributed by atoms with E-state index in [2.05, 4.69) is 10.2 Å². The van der Waals surface area contributed by atoms with Crippen molar-refractivity contribution in [2.45, 2.75) is 30.9 Å². The number of hydrogen-bond acceptors (Lipinski definition) is 8. The zero-order valence-corrected chi connectivity index (χ0v) is 22.7. The minimum atomic E-state index is -0.553. The molecule has 38 heavy (non-hydrogen) atoms. The third-order valence-electron chi connectivity index (χ3n) is 5.67. The van der Waals surface area contributed by atoms with E-state index < -0.39 is 5.25 Å².